The van der Waals surface area contributed by atoms with E-state index >= 15 is 0 Å². The van der Waals surface area contributed by atoms with Gasteiger partial charge in [0.15, 0.2) is 5.78 Å². The van der Waals surface area contributed by atoms with Crippen LogP contribution in [0.15, 0.2) is 54.6 Å². The van der Waals surface area contributed by atoms with Gasteiger partial charge in [-0.05, 0) is 53.6 Å². The molecule has 1 aliphatic rings. The average Bonchev–Trinajstić information content (AvgIpc) is 3.40. The van der Waals surface area contributed by atoms with Gasteiger partial charge in [0.2, 0.25) is 5.91 Å². The molecule has 0 saturated heterocycles. The van der Waals surface area contributed by atoms with Crippen LogP contribution in [0, 0.1) is 23.1 Å². The highest BCUT2D eigenvalue weighted by Gasteiger charge is 2.67. The van der Waals surface area contributed by atoms with Crippen molar-refractivity contribution in [1.82, 2.24) is 0 Å². The van der Waals surface area contributed by atoms with E-state index < -0.39 is 33.7 Å². The molecule has 10 heteroatoms. The number of nitrogens with one attached hydrogen (secondary N) is 1. The maximum Gasteiger partial charge on any atom is 0.231 e. The van der Waals surface area contributed by atoms with Gasteiger partial charge in [-0.2, -0.15) is 5.26 Å². The zero-order chi connectivity index (χ0) is 25.5. The van der Waals surface area contributed by atoms with Gasteiger partial charge in [0.25, 0.3) is 0 Å². The third kappa shape index (κ3) is 5.28. The van der Waals surface area contributed by atoms with E-state index in [4.69, 9.17) is 63.3 Å². The number of nitriles is 1. The lowest BCUT2D eigenvalue weighted by Gasteiger charge is -2.10. The lowest BCUT2D eigenvalue weighted by atomic mass is 10.0. The largest absolute Gasteiger partial charge is 0.326 e. The number of hydrogen-bond donors (Lipinski definition) is 1. The lowest BCUT2D eigenvalue weighted by Crippen LogP contribution is -2.17. The molecular formula is C25H14Cl5FN2O2. The van der Waals surface area contributed by atoms with Crippen molar-refractivity contribution in [2.24, 2.45) is 5.92 Å². The minimum Gasteiger partial charge on any atom is -0.326 e. The van der Waals surface area contributed by atoms with Crippen LogP contribution in [-0.2, 0) is 11.2 Å². The van der Waals surface area contributed by atoms with Gasteiger partial charge in [0, 0.05) is 23.6 Å². The maximum atomic E-state index is 14.2. The molecule has 0 heterocycles. The molecule has 1 amide bonds. The van der Waals surface area contributed by atoms with Gasteiger partial charge >= 0.3 is 0 Å². The number of Topliss-reactive ketones (excluding diaryl/α,β-unsaturated/α-hetero) is 1. The van der Waals surface area contributed by atoms with Crippen molar-refractivity contribution in [2.45, 2.75) is 16.7 Å². The van der Waals surface area contributed by atoms with Gasteiger partial charge in [-0.15, -0.1) is 23.2 Å². The van der Waals surface area contributed by atoms with E-state index in [1.54, 1.807) is 18.2 Å². The summed E-state index contributed by atoms with van der Waals surface area (Å²) in [6.07, 6.45) is -0.275. The number of halogens is 6. The first kappa shape index (κ1) is 25.8. The van der Waals surface area contributed by atoms with Crippen molar-refractivity contribution in [1.29, 1.82) is 5.26 Å². The van der Waals surface area contributed by atoms with Crippen LogP contribution in [0.3, 0.4) is 0 Å². The number of ketones is 1. The normalized spacial score (nSPS) is 18.0. The number of nitrogens with zero attached hydrogens (tertiary/aromatic N) is 1. The van der Waals surface area contributed by atoms with Crippen LogP contribution >= 0.6 is 58.0 Å². The number of carbonyl (C=O) groups excluding carboxylic acids is 2. The zero-order valence-corrected chi connectivity index (χ0v) is 21.4. The van der Waals surface area contributed by atoms with E-state index in [9.17, 15) is 14.0 Å². The second kappa shape index (κ2) is 9.97. The number of benzene rings is 3. The highest BCUT2D eigenvalue weighted by molar-refractivity contribution is 6.53. The Bertz CT molecular complexity index is 1400. The molecule has 2 atom stereocenters. The quantitative estimate of drug-likeness (QED) is 0.245. The molecule has 1 N–H and O–H groups in total. The third-order valence-corrected chi connectivity index (χ3v) is 7.72. The van der Waals surface area contributed by atoms with Crippen molar-refractivity contribution in [3.8, 4) is 6.07 Å². The molecule has 0 radical (unpaired) electrons. The summed E-state index contributed by atoms with van der Waals surface area (Å²) in [7, 11) is 0. The summed E-state index contributed by atoms with van der Waals surface area (Å²) >= 11 is 31.0. The second-order valence-electron chi connectivity index (χ2n) is 8.01. The molecule has 35 heavy (non-hydrogen) atoms. The highest BCUT2D eigenvalue weighted by Crippen LogP contribution is 2.65. The van der Waals surface area contributed by atoms with E-state index in [-0.39, 0.29) is 28.1 Å². The van der Waals surface area contributed by atoms with Crippen LogP contribution in [0.25, 0.3) is 0 Å². The van der Waals surface area contributed by atoms with Gasteiger partial charge in [0.05, 0.1) is 32.6 Å². The van der Waals surface area contributed by atoms with Crippen LogP contribution in [-0.4, -0.2) is 16.0 Å². The molecule has 0 bridgehead atoms. The fourth-order valence-corrected chi connectivity index (χ4v) is 5.20. The van der Waals surface area contributed by atoms with Crippen LogP contribution < -0.4 is 5.32 Å². The minimum absolute atomic E-state index is 0.105. The fourth-order valence-electron chi connectivity index (χ4n) is 3.84. The molecule has 0 aromatic heterocycles. The standard InChI is InChI=1S/C25H14Cl5FN2O2/c26-17-6-4-15(10-16(17)21(34)9-13-2-1-12(11-32)7-20(13)31)33-24(35)23-22(25(23,29)30)14-3-5-18(27)19(28)8-14/h1-8,10,22-23H,9H2,(H,33,35). The molecule has 0 aliphatic heterocycles. The van der Waals surface area contributed by atoms with Gasteiger partial charge in [-0.3, -0.25) is 9.59 Å². The molecule has 3 aromatic carbocycles. The topological polar surface area (TPSA) is 70.0 Å². The fraction of sp³-hybridized carbons (Fsp3) is 0.160. The molecule has 1 saturated carbocycles. The van der Waals surface area contributed by atoms with E-state index in [2.05, 4.69) is 5.32 Å². The number of carbonyl (C=O) groups is 2. The molecule has 1 aliphatic carbocycles. The molecule has 3 aromatic rings. The van der Waals surface area contributed by atoms with Gasteiger partial charge in [-0.1, -0.05) is 46.9 Å². The second-order valence-corrected chi connectivity index (χ2v) is 10.7. The van der Waals surface area contributed by atoms with Gasteiger partial charge in [0.1, 0.15) is 10.2 Å². The molecule has 2 unspecified atom stereocenters. The summed E-state index contributed by atoms with van der Waals surface area (Å²) in [6.45, 7) is 0. The van der Waals surface area contributed by atoms with E-state index in [0.717, 1.165) is 6.07 Å². The first-order valence-corrected chi connectivity index (χ1v) is 12.1. The molecule has 0 spiro atoms. The summed E-state index contributed by atoms with van der Waals surface area (Å²) in [4.78, 5) is 25.8. The molecule has 1 fully saturated rings. The summed E-state index contributed by atoms with van der Waals surface area (Å²) in [5.41, 5.74) is 1.34. The van der Waals surface area contributed by atoms with E-state index in [0.29, 0.717) is 21.3 Å². The SMILES string of the molecule is N#Cc1ccc(CC(=O)c2cc(NC(=O)C3C(c4ccc(Cl)c(Cl)c4)C3(Cl)Cl)ccc2Cl)c(F)c1. The summed E-state index contributed by atoms with van der Waals surface area (Å²) < 4.78 is 12.9. The Kier molecular flexibility index (Phi) is 7.33. The number of alkyl halides is 2. The van der Waals surface area contributed by atoms with Crippen molar-refractivity contribution in [3.63, 3.8) is 0 Å². The molecule has 178 valence electrons. The van der Waals surface area contributed by atoms with Crippen LogP contribution in [0.5, 0.6) is 0 Å². The van der Waals surface area contributed by atoms with Crippen molar-refractivity contribution in [3.05, 3.63) is 97.7 Å². The monoisotopic (exact) mass is 568 g/mol. The van der Waals surface area contributed by atoms with E-state index in [1.807, 2.05) is 6.07 Å². The Morgan fingerprint density at radius 3 is 2.34 bits per heavy atom. The summed E-state index contributed by atoms with van der Waals surface area (Å²) in [6, 6.07) is 15.0. The summed E-state index contributed by atoms with van der Waals surface area (Å²) in [5, 5.41) is 12.4. The number of hydrogen-bond acceptors (Lipinski definition) is 3. The Hall–Kier alpha value is -2.33. The van der Waals surface area contributed by atoms with Crippen LogP contribution in [0.2, 0.25) is 15.1 Å². The highest BCUT2D eigenvalue weighted by atomic mass is 35.5. The molecular weight excluding hydrogens is 557 g/mol. The van der Waals surface area contributed by atoms with Crippen molar-refractivity contribution in [2.75, 3.05) is 5.32 Å². The Morgan fingerprint density at radius 1 is 0.971 bits per heavy atom. The average molecular weight is 571 g/mol. The minimum atomic E-state index is -1.35. The molecule has 4 rings (SSSR count). The van der Waals surface area contributed by atoms with Gasteiger partial charge < -0.3 is 5.32 Å². The summed E-state index contributed by atoms with van der Waals surface area (Å²) in [5.74, 6) is -2.86. The number of amides is 1. The van der Waals surface area contributed by atoms with Crippen LogP contribution in [0.1, 0.15) is 33.0 Å². The zero-order valence-electron chi connectivity index (χ0n) is 17.6. The smallest absolute Gasteiger partial charge is 0.231 e. The van der Waals surface area contributed by atoms with E-state index in [1.165, 1.54) is 30.3 Å². The van der Waals surface area contributed by atoms with Crippen molar-refractivity contribution >= 4 is 75.4 Å². The third-order valence-electron chi connectivity index (χ3n) is 5.71. The van der Waals surface area contributed by atoms with Crippen LogP contribution in [0.4, 0.5) is 10.1 Å². The van der Waals surface area contributed by atoms with Crippen molar-refractivity contribution < 1.29 is 14.0 Å². The first-order chi connectivity index (χ1) is 16.5. The Balaban J connectivity index is 1.51. The maximum absolute atomic E-state index is 14.2. The first-order valence-electron chi connectivity index (χ1n) is 10.2. The Morgan fingerprint density at radius 2 is 1.69 bits per heavy atom. The predicted octanol–water partition coefficient (Wildman–Crippen LogP) is 7.61. The lowest BCUT2D eigenvalue weighted by molar-refractivity contribution is -0.117. The number of rotatable bonds is 6. The number of anilines is 1. The molecule has 4 nitrogen and oxygen atoms in total. The predicted molar refractivity (Wildman–Crippen MR) is 136 cm³/mol. The van der Waals surface area contributed by atoms with Gasteiger partial charge in [-0.25, -0.2) is 4.39 Å². The Labute approximate surface area is 225 Å².